The number of nitrogens with one attached hydrogen (secondary N) is 1. The first-order valence-corrected chi connectivity index (χ1v) is 6.77. The Morgan fingerprint density at radius 1 is 1.42 bits per heavy atom. The number of carbonyl (C=O) groups excluding carboxylic acids is 1. The summed E-state index contributed by atoms with van der Waals surface area (Å²) >= 11 is 1.61. The number of methoxy groups -OCH3 is 1. The molecule has 4 nitrogen and oxygen atoms in total. The molecule has 2 rings (SSSR count). The van der Waals surface area contributed by atoms with Gasteiger partial charge in [-0.25, -0.2) is 0 Å². The highest BCUT2D eigenvalue weighted by molar-refractivity contribution is 7.10. The number of benzene rings is 1. The Balaban J connectivity index is 2.16. The maximum absolute atomic E-state index is 12.2. The van der Waals surface area contributed by atoms with Crippen LogP contribution in [-0.4, -0.2) is 13.0 Å². The monoisotopic (exact) mass is 276 g/mol. The molecule has 5 heteroatoms. The standard InChI is InChI=1S/C14H16N2O2S/c1-9(13-4-3-7-19-13)16-14(17)11-6-5-10(15)8-12(11)18-2/h3-9H,15H2,1-2H3,(H,16,17)/t9-/m1/s1. The number of thiophene rings is 1. The molecule has 0 radical (unpaired) electrons. The largest absolute Gasteiger partial charge is 0.496 e. The van der Waals surface area contributed by atoms with E-state index >= 15 is 0 Å². The van der Waals surface area contributed by atoms with Gasteiger partial charge in [0, 0.05) is 16.6 Å². The van der Waals surface area contributed by atoms with Crippen molar-refractivity contribution in [2.45, 2.75) is 13.0 Å². The van der Waals surface area contributed by atoms with E-state index in [0.717, 1.165) is 4.88 Å². The molecule has 1 heterocycles. The van der Waals surface area contributed by atoms with E-state index in [2.05, 4.69) is 5.32 Å². The fraction of sp³-hybridized carbons (Fsp3) is 0.214. The summed E-state index contributed by atoms with van der Waals surface area (Å²) in [6, 6.07) is 8.93. The lowest BCUT2D eigenvalue weighted by atomic mass is 10.1. The van der Waals surface area contributed by atoms with Gasteiger partial charge in [0.15, 0.2) is 0 Å². The normalized spacial score (nSPS) is 11.9. The van der Waals surface area contributed by atoms with Crippen molar-refractivity contribution < 1.29 is 9.53 Å². The first kappa shape index (κ1) is 13.4. The van der Waals surface area contributed by atoms with Crippen molar-refractivity contribution in [1.29, 1.82) is 0 Å². The first-order chi connectivity index (χ1) is 9.11. The number of nitrogen functional groups attached to an aromatic ring is 1. The van der Waals surface area contributed by atoms with Gasteiger partial charge < -0.3 is 15.8 Å². The van der Waals surface area contributed by atoms with E-state index in [9.17, 15) is 4.79 Å². The number of nitrogens with two attached hydrogens (primary N) is 1. The molecular formula is C14H16N2O2S. The molecule has 1 amide bonds. The van der Waals surface area contributed by atoms with Crippen molar-refractivity contribution in [2.75, 3.05) is 12.8 Å². The number of hydrogen-bond acceptors (Lipinski definition) is 4. The van der Waals surface area contributed by atoms with Crippen molar-refractivity contribution in [3.8, 4) is 5.75 Å². The second kappa shape index (κ2) is 5.75. The van der Waals surface area contributed by atoms with E-state index in [0.29, 0.717) is 17.0 Å². The third-order valence-corrected chi connectivity index (χ3v) is 3.84. The molecule has 19 heavy (non-hydrogen) atoms. The van der Waals surface area contributed by atoms with Crippen LogP contribution in [0.2, 0.25) is 0 Å². The van der Waals surface area contributed by atoms with Crippen LogP contribution in [0.1, 0.15) is 28.2 Å². The fourth-order valence-electron chi connectivity index (χ4n) is 1.78. The van der Waals surface area contributed by atoms with Crippen molar-refractivity contribution >= 4 is 22.9 Å². The predicted molar refractivity (Wildman–Crippen MR) is 77.6 cm³/mol. The zero-order valence-corrected chi connectivity index (χ0v) is 11.7. The van der Waals surface area contributed by atoms with Crippen molar-refractivity contribution in [3.63, 3.8) is 0 Å². The minimum atomic E-state index is -0.169. The van der Waals surface area contributed by atoms with Gasteiger partial charge in [-0.3, -0.25) is 4.79 Å². The van der Waals surface area contributed by atoms with Gasteiger partial charge in [-0.1, -0.05) is 6.07 Å². The summed E-state index contributed by atoms with van der Waals surface area (Å²) in [4.78, 5) is 13.3. The van der Waals surface area contributed by atoms with Crippen LogP contribution in [-0.2, 0) is 0 Å². The van der Waals surface area contributed by atoms with E-state index in [1.807, 2.05) is 24.4 Å². The van der Waals surface area contributed by atoms with Gasteiger partial charge in [-0.2, -0.15) is 0 Å². The summed E-state index contributed by atoms with van der Waals surface area (Å²) in [5.74, 6) is 0.314. The maximum Gasteiger partial charge on any atom is 0.255 e. The van der Waals surface area contributed by atoms with E-state index in [4.69, 9.17) is 10.5 Å². The smallest absolute Gasteiger partial charge is 0.255 e. The van der Waals surface area contributed by atoms with Crippen LogP contribution in [0.4, 0.5) is 5.69 Å². The minimum absolute atomic E-state index is 0.0326. The molecule has 1 aromatic carbocycles. The molecule has 0 unspecified atom stereocenters. The van der Waals surface area contributed by atoms with Crippen LogP contribution >= 0.6 is 11.3 Å². The van der Waals surface area contributed by atoms with Gasteiger partial charge in [0.25, 0.3) is 5.91 Å². The lowest BCUT2D eigenvalue weighted by Crippen LogP contribution is -2.26. The highest BCUT2D eigenvalue weighted by Crippen LogP contribution is 2.23. The Morgan fingerprint density at radius 2 is 2.21 bits per heavy atom. The van der Waals surface area contributed by atoms with E-state index in [1.165, 1.54) is 7.11 Å². The number of ether oxygens (including phenoxy) is 1. The Morgan fingerprint density at radius 3 is 2.84 bits per heavy atom. The zero-order valence-electron chi connectivity index (χ0n) is 10.8. The summed E-state index contributed by atoms with van der Waals surface area (Å²) in [5.41, 5.74) is 6.73. The number of amides is 1. The number of rotatable bonds is 4. The lowest BCUT2D eigenvalue weighted by molar-refractivity contribution is 0.0937. The molecule has 0 bridgehead atoms. The predicted octanol–water partition coefficient (Wildman–Crippen LogP) is 2.83. The van der Waals surface area contributed by atoms with Crippen LogP contribution in [0.15, 0.2) is 35.7 Å². The summed E-state index contributed by atoms with van der Waals surface area (Å²) < 4.78 is 5.18. The summed E-state index contributed by atoms with van der Waals surface area (Å²) in [5, 5.41) is 4.93. The number of carbonyl (C=O) groups is 1. The molecule has 3 N–H and O–H groups in total. The lowest BCUT2D eigenvalue weighted by Gasteiger charge is -2.14. The van der Waals surface area contributed by atoms with Crippen LogP contribution < -0.4 is 15.8 Å². The second-order valence-electron chi connectivity index (χ2n) is 4.17. The SMILES string of the molecule is COc1cc(N)ccc1C(=O)N[C@H](C)c1cccs1. The number of hydrogen-bond donors (Lipinski definition) is 2. The molecule has 1 atom stereocenters. The molecule has 0 fully saturated rings. The summed E-state index contributed by atoms with van der Waals surface area (Å²) in [6.07, 6.45) is 0. The van der Waals surface area contributed by atoms with Gasteiger partial charge in [-0.15, -0.1) is 11.3 Å². The van der Waals surface area contributed by atoms with E-state index < -0.39 is 0 Å². The highest BCUT2D eigenvalue weighted by Gasteiger charge is 2.16. The van der Waals surface area contributed by atoms with Crippen LogP contribution in [0.25, 0.3) is 0 Å². The zero-order chi connectivity index (χ0) is 13.8. The van der Waals surface area contributed by atoms with Gasteiger partial charge >= 0.3 is 0 Å². The maximum atomic E-state index is 12.2. The van der Waals surface area contributed by atoms with Crippen LogP contribution in [0, 0.1) is 0 Å². The third kappa shape index (κ3) is 3.06. The van der Waals surface area contributed by atoms with Crippen LogP contribution in [0.3, 0.4) is 0 Å². The Hall–Kier alpha value is -2.01. The van der Waals surface area contributed by atoms with Crippen LogP contribution in [0.5, 0.6) is 5.75 Å². The fourth-order valence-corrected chi connectivity index (χ4v) is 2.51. The van der Waals surface area contributed by atoms with E-state index in [-0.39, 0.29) is 11.9 Å². The molecule has 2 aromatic rings. The molecule has 0 spiro atoms. The molecule has 0 aliphatic rings. The summed E-state index contributed by atoms with van der Waals surface area (Å²) in [7, 11) is 1.52. The van der Waals surface area contributed by atoms with Gasteiger partial charge in [0.2, 0.25) is 0 Å². The van der Waals surface area contributed by atoms with Gasteiger partial charge in [0.1, 0.15) is 5.75 Å². The quantitative estimate of drug-likeness (QED) is 0.844. The van der Waals surface area contributed by atoms with Crippen molar-refractivity contribution in [3.05, 3.63) is 46.2 Å². The molecular weight excluding hydrogens is 260 g/mol. The molecule has 0 saturated carbocycles. The first-order valence-electron chi connectivity index (χ1n) is 5.89. The number of anilines is 1. The van der Waals surface area contributed by atoms with Crippen molar-refractivity contribution in [2.24, 2.45) is 0 Å². The Labute approximate surface area is 116 Å². The molecule has 0 aliphatic carbocycles. The average Bonchev–Trinajstić information content (AvgIpc) is 2.92. The topological polar surface area (TPSA) is 64.3 Å². The second-order valence-corrected chi connectivity index (χ2v) is 5.15. The molecule has 100 valence electrons. The molecule has 0 saturated heterocycles. The molecule has 0 aliphatic heterocycles. The average molecular weight is 276 g/mol. The van der Waals surface area contributed by atoms with Gasteiger partial charge in [-0.05, 0) is 30.5 Å². The minimum Gasteiger partial charge on any atom is -0.496 e. The summed E-state index contributed by atoms with van der Waals surface area (Å²) in [6.45, 7) is 1.95. The van der Waals surface area contributed by atoms with E-state index in [1.54, 1.807) is 29.5 Å². The Bertz CT molecular complexity index is 567. The molecule has 1 aromatic heterocycles. The van der Waals surface area contributed by atoms with Gasteiger partial charge in [0.05, 0.1) is 18.7 Å². The Kier molecular flexibility index (Phi) is 4.06. The highest BCUT2D eigenvalue weighted by atomic mass is 32.1. The third-order valence-electron chi connectivity index (χ3n) is 2.79. The van der Waals surface area contributed by atoms with Crippen molar-refractivity contribution in [1.82, 2.24) is 5.32 Å².